The van der Waals surface area contributed by atoms with Gasteiger partial charge in [0, 0.05) is 12.8 Å². The van der Waals surface area contributed by atoms with Crippen molar-refractivity contribution in [2.45, 2.75) is 46.1 Å². The van der Waals surface area contributed by atoms with Gasteiger partial charge in [0.1, 0.15) is 16.9 Å². The molecule has 0 spiro atoms. The van der Waals surface area contributed by atoms with Crippen LogP contribution in [0.15, 0.2) is 18.2 Å². The lowest BCUT2D eigenvalue weighted by Gasteiger charge is -2.26. The zero-order chi connectivity index (χ0) is 18.2. The van der Waals surface area contributed by atoms with Crippen molar-refractivity contribution in [3.05, 3.63) is 23.8 Å². The molecule has 0 aromatic heterocycles. The third-order valence-corrected chi connectivity index (χ3v) is 3.69. The number of rotatable bonds is 9. The molecule has 1 aromatic rings. The fourth-order valence-corrected chi connectivity index (χ4v) is 2.31. The molecule has 24 heavy (non-hydrogen) atoms. The van der Waals surface area contributed by atoms with E-state index in [9.17, 15) is 9.59 Å². The number of anilines is 1. The zero-order valence-electron chi connectivity index (χ0n) is 15.1. The smallest absolute Gasteiger partial charge is 0.341 e. The number of nitrogens with one attached hydrogen (secondary N) is 1. The van der Waals surface area contributed by atoms with Crippen molar-refractivity contribution in [3.63, 3.8) is 0 Å². The minimum Gasteiger partial charge on any atom is -0.493 e. The molecular formula is C18H27NO5. The Morgan fingerprint density at radius 2 is 1.88 bits per heavy atom. The fraction of sp³-hybridized carbons (Fsp3) is 0.556. The molecule has 134 valence electrons. The van der Waals surface area contributed by atoms with Gasteiger partial charge in [0.25, 0.3) is 5.91 Å². The highest BCUT2D eigenvalue weighted by atomic mass is 16.5. The van der Waals surface area contributed by atoms with E-state index in [-0.39, 0.29) is 18.1 Å². The van der Waals surface area contributed by atoms with Gasteiger partial charge in [0.15, 0.2) is 0 Å². The van der Waals surface area contributed by atoms with Crippen LogP contribution >= 0.6 is 0 Å². The molecule has 6 nitrogen and oxygen atoms in total. The van der Waals surface area contributed by atoms with Crippen LogP contribution in [0.1, 0.15) is 50.9 Å². The molecule has 0 radical (unpaired) electrons. The minimum absolute atomic E-state index is 0.259. The summed E-state index contributed by atoms with van der Waals surface area (Å²) < 4.78 is 15.9. The molecule has 0 heterocycles. The minimum atomic E-state index is -0.919. The fourth-order valence-electron chi connectivity index (χ4n) is 2.31. The highest BCUT2D eigenvalue weighted by Gasteiger charge is 2.32. The maximum Gasteiger partial charge on any atom is 0.341 e. The molecule has 1 unspecified atom stereocenters. The summed E-state index contributed by atoms with van der Waals surface area (Å²) in [5, 5.41) is 2.80. The first kappa shape index (κ1) is 20.0. The van der Waals surface area contributed by atoms with Crippen molar-refractivity contribution < 1.29 is 23.8 Å². The van der Waals surface area contributed by atoms with E-state index in [0.717, 1.165) is 6.42 Å². The molecule has 1 aromatic carbocycles. The van der Waals surface area contributed by atoms with Crippen molar-refractivity contribution in [1.82, 2.24) is 0 Å². The molecule has 0 aliphatic heterocycles. The Morgan fingerprint density at radius 3 is 2.42 bits per heavy atom. The van der Waals surface area contributed by atoms with Crippen LogP contribution in [0, 0.1) is 0 Å². The number of hydrogen-bond acceptors (Lipinski definition) is 5. The van der Waals surface area contributed by atoms with E-state index in [1.54, 1.807) is 32.0 Å². The van der Waals surface area contributed by atoms with Crippen LogP contribution in [0.3, 0.4) is 0 Å². The summed E-state index contributed by atoms with van der Waals surface area (Å²) in [6.07, 6.45) is 1.41. The lowest BCUT2D eigenvalue weighted by atomic mass is 9.99. The summed E-state index contributed by atoms with van der Waals surface area (Å²) in [6.45, 7) is 7.99. The van der Waals surface area contributed by atoms with Crippen LogP contribution in [-0.4, -0.2) is 37.8 Å². The van der Waals surface area contributed by atoms with Crippen LogP contribution < -0.4 is 10.1 Å². The predicted molar refractivity (Wildman–Crippen MR) is 92.5 cm³/mol. The predicted octanol–water partition coefficient (Wildman–Crippen LogP) is 3.41. The molecule has 1 rings (SSSR count). The van der Waals surface area contributed by atoms with Gasteiger partial charge in [0.05, 0.1) is 13.2 Å². The number of ether oxygens (including phenoxy) is 3. The van der Waals surface area contributed by atoms with E-state index in [0.29, 0.717) is 24.5 Å². The Kier molecular flexibility index (Phi) is 7.71. The summed E-state index contributed by atoms with van der Waals surface area (Å²) in [5.74, 6) is -0.317. The van der Waals surface area contributed by atoms with Gasteiger partial charge in [-0.25, -0.2) is 4.79 Å². The van der Waals surface area contributed by atoms with Crippen LogP contribution in [0.2, 0.25) is 0 Å². The van der Waals surface area contributed by atoms with Crippen LogP contribution in [0.25, 0.3) is 0 Å². The van der Waals surface area contributed by atoms with Crippen molar-refractivity contribution in [2.75, 3.05) is 25.6 Å². The highest BCUT2D eigenvalue weighted by Crippen LogP contribution is 2.26. The lowest BCUT2D eigenvalue weighted by Crippen LogP contribution is -2.41. The average Bonchev–Trinajstić information content (AvgIpc) is 2.56. The van der Waals surface area contributed by atoms with Crippen molar-refractivity contribution in [1.29, 1.82) is 0 Å². The molecule has 0 saturated carbocycles. The molecule has 1 atom stereocenters. The first-order chi connectivity index (χ1) is 11.4. The molecule has 0 fully saturated rings. The van der Waals surface area contributed by atoms with Gasteiger partial charge in [-0.1, -0.05) is 13.3 Å². The Labute approximate surface area is 143 Å². The second-order valence-corrected chi connectivity index (χ2v) is 5.50. The number of esters is 1. The standard InChI is InChI=1S/C18H27NO5/c1-6-11-18(4,22-5)17(21)19-13-9-10-15(23-7-2)14(12-13)16(20)24-8-3/h9-10,12H,6-8,11H2,1-5H3,(H,19,21). The second-order valence-electron chi connectivity index (χ2n) is 5.50. The maximum atomic E-state index is 12.5. The Bertz CT molecular complexity index is 573. The number of carbonyl (C=O) groups excluding carboxylic acids is 2. The normalized spacial score (nSPS) is 13.0. The topological polar surface area (TPSA) is 73.9 Å². The van der Waals surface area contributed by atoms with Crippen molar-refractivity contribution >= 4 is 17.6 Å². The zero-order valence-corrected chi connectivity index (χ0v) is 15.1. The summed E-state index contributed by atoms with van der Waals surface area (Å²) in [7, 11) is 1.51. The molecule has 0 saturated heterocycles. The molecule has 1 amide bonds. The van der Waals surface area contributed by atoms with Crippen LogP contribution in [0.4, 0.5) is 5.69 Å². The van der Waals surface area contributed by atoms with Gasteiger partial charge in [-0.2, -0.15) is 0 Å². The van der Waals surface area contributed by atoms with E-state index in [2.05, 4.69) is 5.32 Å². The SMILES string of the molecule is CCCC(C)(OC)C(=O)Nc1ccc(OCC)c(C(=O)OCC)c1. The van der Waals surface area contributed by atoms with E-state index >= 15 is 0 Å². The third kappa shape index (κ3) is 4.96. The summed E-state index contributed by atoms with van der Waals surface area (Å²) in [6, 6.07) is 4.89. The molecule has 0 aliphatic rings. The number of hydrogen-bond donors (Lipinski definition) is 1. The second kappa shape index (κ2) is 9.27. The quantitative estimate of drug-likeness (QED) is 0.699. The van der Waals surface area contributed by atoms with Gasteiger partial charge in [-0.05, 0) is 45.4 Å². The van der Waals surface area contributed by atoms with E-state index in [1.807, 2.05) is 13.8 Å². The van der Waals surface area contributed by atoms with Gasteiger partial charge in [-0.3, -0.25) is 4.79 Å². The number of benzene rings is 1. The van der Waals surface area contributed by atoms with E-state index < -0.39 is 11.6 Å². The average molecular weight is 337 g/mol. The third-order valence-electron chi connectivity index (χ3n) is 3.69. The van der Waals surface area contributed by atoms with Gasteiger partial charge in [-0.15, -0.1) is 0 Å². The largest absolute Gasteiger partial charge is 0.493 e. The lowest BCUT2D eigenvalue weighted by molar-refractivity contribution is -0.136. The van der Waals surface area contributed by atoms with E-state index in [4.69, 9.17) is 14.2 Å². The Morgan fingerprint density at radius 1 is 1.17 bits per heavy atom. The maximum absolute atomic E-state index is 12.5. The first-order valence-corrected chi connectivity index (χ1v) is 8.22. The Hall–Kier alpha value is -2.08. The van der Waals surface area contributed by atoms with E-state index in [1.165, 1.54) is 7.11 Å². The molecule has 1 N–H and O–H groups in total. The van der Waals surface area contributed by atoms with Gasteiger partial charge in [0.2, 0.25) is 0 Å². The number of amides is 1. The van der Waals surface area contributed by atoms with Crippen LogP contribution in [-0.2, 0) is 14.3 Å². The summed E-state index contributed by atoms with van der Waals surface area (Å²) >= 11 is 0. The number of methoxy groups -OCH3 is 1. The summed E-state index contributed by atoms with van der Waals surface area (Å²) in [4.78, 5) is 24.6. The number of carbonyl (C=O) groups is 2. The highest BCUT2D eigenvalue weighted by molar-refractivity contribution is 5.99. The van der Waals surface area contributed by atoms with Gasteiger partial charge >= 0.3 is 5.97 Å². The van der Waals surface area contributed by atoms with Crippen molar-refractivity contribution in [3.8, 4) is 5.75 Å². The Balaban J connectivity index is 3.06. The molecule has 6 heteroatoms. The molecule has 0 bridgehead atoms. The monoisotopic (exact) mass is 337 g/mol. The van der Waals surface area contributed by atoms with Crippen molar-refractivity contribution in [2.24, 2.45) is 0 Å². The van der Waals surface area contributed by atoms with Crippen LogP contribution in [0.5, 0.6) is 5.75 Å². The molecule has 0 aliphatic carbocycles. The first-order valence-electron chi connectivity index (χ1n) is 8.22. The summed E-state index contributed by atoms with van der Waals surface area (Å²) in [5.41, 5.74) is -0.144. The van der Waals surface area contributed by atoms with Gasteiger partial charge < -0.3 is 19.5 Å². The molecular weight excluding hydrogens is 310 g/mol.